The van der Waals surface area contributed by atoms with Crippen LogP contribution in [0, 0.1) is 0 Å². The Labute approximate surface area is 66.8 Å². The molecule has 0 spiro atoms. The molecule has 0 aromatic rings. The van der Waals surface area contributed by atoms with Crippen molar-refractivity contribution in [3.05, 3.63) is 0 Å². The van der Waals surface area contributed by atoms with Gasteiger partial charge in [-0.1, -0.05) is 0 Å². The average molecular weight is 186 g/mol. The molecule has 1 amide bonds. The molecular formula is C5H9F3N2O2. The molecule has 72 valence electrons. The van der Waals surface area contributed by atoms with Crippen LogP contribution in [-0.2, 0) is 9.63 Å². The first kappa shape index (κ1) is 11.2. The average Bonchev–Trinajstić information content (AvgIpc) is 1.84. The van der Waals surface area contributed by atoms with E-state index in [2.05, 4.69) is 4.84 Å². The second-order valence-corrected chi connectivity index (χ2v) is 2.15. The summed E-state index contributed by atoms with van der Waals surface area (Å²) in [5, 5.41) is 0. The molecule has 0 heterocycles. The molecule has 0 aliphatic heterocycles. The Morgan fingerprint density at radius 2 is 2.17 bits per heavy atom. The summed E-state index contributed by atoms with van der Waals surface area (Å²) in [5.74, 6) is -0.780. The largest absolute Gasteiger partial charge is 0.413 e. The molecule has 0 aliphatic rings. The van der Waals surface area contributed by atoms with E-state index in [1.54, 1.807) is 0 Å². The van der Waals surface area contributed by atoms with Gasteiger partial charge in [0.05, 0.1) is 0 Å². The molecule has 7 heteroatoms. The standard InChI is InChI=1S/C5H9F3N2O2/c1-3(4(9)11)10-12-2-5(6,7)8/h3,10H,2H2,1H3,(H2,9,11). The SMILES string of the molecule is CC(NOCC(F)(F)F)C(N)=O. The van der Waals surface area contributed by atoms with Crippen molar-refractivity contribution in [3.63, 3.8) is 0 Å². The topological polar surface area (TPSA) is 64.3 Å². The minimum absolute atomic E-state index is 0.780. The zero-order valence-corrected chi connectivity index (χ0v) is 6.31. The Morgan fingerprint density at radius 1 is 1.67 bits per heavy atom. The van der Waals surface area contributed by atoms with Crippen molar-refractivity contribution in [2.75, 3.05) is 6.61 Å². The fourth-order valence-electron chi connectivity index (χ4n) is 0.307. The molecule has 0 saturated heterocycles. The van der Waals surface area contributed by atoms with Crippen molar-refractivity contribution in [2.24, 2.45) is 5.73 Å². The van der Waals surface area contributed by atoms with Gasteiger partial charge >= 0.3 is 6.18 Å². The van der Waals surface area contributed by atoms with E-state index in [-0.39, 0.29) is 0 Å². The van der Waals surface area contributed by atoms with Gasteiger partial charge in [-0.05, 0) is 6.92 Å². The maximum Gasteiger partial charge on any atom is 0.413 e. The van der Waals surface area contributed by atoms with Crippen molar-refractivity contribution < 1.29 is 22.8 Å². The van der Waals surface area contributed by atoms with Crippen LogP contribution in [0.2, 0.25) is 0 Å². The molecule has 0 aliphatic carbocycles. The van der Waals surface area contributed by atoms with E-state index < -0.39 is 24.7 Å². The summed E-state index contributed by atoms with van der Waals surface area (Å²) < 4.78 is 34.3. The molecule has 0 aromatic heterocycles. The lowest BCUT2D eigenvalue weighted by Gasteiger charge is -2.11. The van der Waals surface area contributed by atoms with Gasteiger partial charge in [-0.2, -0.15) is 18.7 Å². The highest BCUT2D eigenvalue weighted by atomic mass is 19.4. The Bertz CT molecular complexity index is 159. The first-order valence-electron chi connectivity index (χ1n) is 3.06. The van der Waals surface area contributed by atoms with Crippen LogP contribution in [0.1, 0.15) is 6.92 Å². The van der Waals surface area contributed by atoms with Crippen LogP contribution in [-0.4, -0.2) is 24.7 Å². The van der Waals surface area contributed by atoms with Crippen LogP contribution in [0.3, 0.4) is 0 Å². The second kappa shape index (κ2) is 4.27. The fraction of sp³-hybridized carbons (Fsp3) is 0.800. The van der Waals surface area contributed by atoms with Crippen LogP contribution in [0.15, 0.2) is 0 Å². The molecule has 0 rings (SSSR count). The van der Waals surface area contributed by atoms with E-state index in [4.69, 9.17) is 5.73 Å². The fourth-order valence-corrected chi connectivity index (χ4v) is 0.307. The van der Waals surface area contributed by atoms with Crippen molar-refractivity contribution in [2.45, 2.75) is 19.1 Å². The summed E-state index contributed by atoms with van der Waals surface area (Å²) >= 11 is 0. The zero-order chi connectivity index (χ0) is 9.78. The highest BCUT2D eigenvalue weighted by molar-refractivity contribution is 5.79. The van der Waals surface area contributed by atoms with Crippen molar-refractivity contribution in [1.82, 2.24) is 5.48 Å². The summed E-state index contributed by atoms with van der Waals surface area (Å²) in [6, 6.07) is -0.938. The van der Waals surface area contributed by atoms with Gasteiger partial charge in [-0.15, -0.1) is 0 Å². The van der Waals surface area contributed by atoms with Gasteiger partial charge in [0, 0.05) is 0 Å². The predicted octanol–water partition coefficient (Wildman–Crippen LogP) is -0.0563. The number of rotatable bonds is 4. The van der Waals surface area contributed by atoms with Gasteiger partial charge in [0.1, 0.15) is 6.04 Å². The van der Waals surface area contributed by atoms with Gasteiger partial charge in [0.25, 0.3) is 0 Å². The Morgan fingerprint density at radius 3 is 2.50 bits per heavy atom. The number of carbonyl (C=O) groups is 1. The number of hydrogen-bond acceptors (Lipinski definition) is 3. The number of hydroxylamine groups is 1. The van der Waals surface area contributed by atoms with Crippen molar-refractivity contribution in [1.29, 1.82) is 0 Å². The quantitative estimate of drug-likeness (QED) is 0.604. The monoisotopic (exact) mass is 186 g/mol. The van der Waals surface area contributed by atoms with Gasteiger partial charge in [-0.25, -0.2) is 0 Å². The maximum atomic E-state index is 11.4. The third kappa shape index (κ3) is 5.93. The van der Waals surface area contributed by atoms with Gasteiger partial charge < -0.3 is 5.73 Å². The number of amides is 1. The molecule has 12 heavy (non-hydrogen) atoms. The molecule has 0 bridgehead atoms. The minimum atomic E-state index is -4.41. The summed E-state index contributed by atoms with van der Waals surface area (Å²) in [6.45, 7) is -0.163. The summed E-state index contributed by atoms with van der Waals surface area (Å²) in [5.41, 5.74) is 6.57. The lowest BCUT2D eigenvalue weighted by Crippen LogP contribution is -2.40. The highest BCUT2D eigenvalue weighted by Gasteiger charge is 2.28. The van der Waals surface area contributed by atoms with Crippen molar-refractivity contribution >= 4 is 5.91 Å². The van der Waals surface area contributed by atoms with Gasteiger partial charge in [0.15, 0.2) is 6.61 Å². The number of carbonyl (C=O) groups excluding carboxylic acids is 1. The smallest absolute Gasteiger partial charge is 0.368 e. The van der Waals surface area contributed by atoms with E-state index in [1.165, 1.54) is 6.92 Å². The number of alkyl halides is 3. The highest BCUT2D eigenvalue weighted by Crippen LogP contribution is 2.13. The molecule has 3 N–H and O–H groups in total. The molecule has 0 radical (unpaired) electrons. The van der Waals surface area contributed by atoms with Crippen LogP contribution >= 0.6 is 0 Å². The molecule has 1 atom stereocenters. The van der Waals surface area contributed by atoms with E-state index in [0.717, 1.165) is 0 Å². The van der Waals surface area contributed by atoms with Crippen LogP contribution in [0.4, 0.5) is 13.2 Å². The molecular weight excluding hydrogens is 177 g/mol. The second-order valence-electron chi connectivity index (χ2n) is 2.15. The number of hydrogen-bond donors (Lipinski definition) is 2. The summed E-state index contributed by atoms with van der Waals surface area (Å²) in [6.07, 6.45) is -4.41. The summed E-state index contributed by atoms with van der Waals surface area (Å²) in [7, 11) is 0. The molecule has 0 fully saturated rings. The molecule has 0 saturated carbocycles. The van der Waals surface area contributed by atoms with Crippen LogP contribution in [0.25, 0.3) is 0 Å². The Hall–Kier alpha value is -0.820. The number of halogens is 3. The predicted molar refractivity (Wildman–Crippen MR) is 33.8 cm³/mol. The molecule has 0 aromatic carbocycles. The molecule has 1 unspecified atom stereocenters. The maximum absolute atomic E-state index is 11.4. The number of nitrogens with two attached hydrogens (primary N) is 1. The van der Waals surface area contributed by atoms with Crippen LogP contribution < -0.4 is 11.2 Å². The number of primary amides is 1. The third-order valence-electron chi connectivity index (χ3n) is 0.923. The Kier molecular flexibility index (Phi) is 3.98. The minimum Gasteiger partial charge on any atom is -0.368 e. The van der Waals surface area contributed by atoms with Crippen molar-refractivity contribution in [3.8, 4) is 0 Å². The lowest BCUT2D eigenvalue weighted by molar-refractivity contribution is -0.193. The lowest BCUT2D eigenvalue weighted by atomic mass is 10.4. The molecule has 4 nitrogen and oxygen atoms in total. The third-order valence-corrected chi connectivity index (χ3v) is 0.923. The first-order valence-corrected chi connectivity index (χ1v) is 3.06. The van der Waals surface area contributed by atoms with Gasteiger partial charge in [0.2, 0.25) is 5.91 Å². The first-order chi connectivity index (χ1) is 5.33. The van der Waals surface area contributed by atoms with E-state index >= 15 is 0 Å². The van der Waals surface area contributed by atoms with E-state index in [9.17, 15) is 18.0 Å². The van der Waals surface area contributed by atoms with Crippen LogP contribution in [0.5, 0.6) is 0 Å². The summed E-state index contributed by atoms with van der Waals surface area (Å²) in [4.78, 5) is 14.2. The van der Waals surface area contributed by atoms with Gasteiger partial charge in [-0.3, -0.25) is 9.63 Å². The normalized spacial score (nSPS) is 14.3. The van der Waals surface area contributed by atoms with E-state index in [0.29, 0.717) is 0 Å². The Balaban J connectivity index is 3.51. The zero-order valence-electron chi connectivity index (χ0n) is 6.31. The van der Waals surface area contributed by atoms with E-state index in [1.807, 2.05) is 5.48 Å². The number of nitrogens with one attached hydrogen (secondary N) is 1.